The number of nitrogens with zero attached hydrogens (tertiary/aromatic N) is 1. The zero-order chi connectivity index (χ0) is 18.6. The van der Waals surface area contributed by atoms with E-state index in [0.29, 0.717) is 29.9 Å². The SMILES string of the molecule is O=C(OCCCN=C1NS(=O)(=O)c2ccccc21)[C@@H](Cl)c1ccccc1. The number of benzene rings is 2. The average molecular weight is 393 g/mol. The van der Waals surface area contributed by atoms with Crippen molar-refractivity contribution in [2.75, 3.05) is 13.2 Å². The summed E-state index contributed by atoms with van der Waals surface area (Å²) >= 11 is 6.08. The molecule has 0 aliphatic carbocycles. The van der Waals surface area contributed by atoms with E-state index >= 15 is 0 Å². The van der Waals surface area contributed by atoms with Crippen molar-refractivity contribution in [2.24, 2.45) is 4.99 Å². The Morgan fingerprint density at radius 3 is 2.58 bits per heavy atom. The molecule has 1 atom stereocenters. The van der Waals surface area contributed by atoms with Crippen molar-refractivity contribution >= 4 is 33.4 Å². The van der Waals surface area contributed by atoms with Gasteiger partial charge in [0, 0.05) is 18.5 Å². The third kappa shape index (κ3) is 4.05. The Morgan fingerprint density at radius 1 is 1.12 bits per heavy atom. The molecule has 6 nitrogen and oxygen atoms in total. The molecule has 8 heteroatoms. The molecule has 0 radical (unpaired) electrons. The van der Waals surface area contributed by atoms with Gasteiger partial charge in [-0.15, -0.1) is 11.6 Å². The van der Waals surface area contributed by atoms with Crippen molar-refractivity contribution in [2.45, 2.75) is 16.7 Å². The summed E-state index contributed by atoms with van der Waals surface area (Å²) in [6.07, 6.45) is 0.456. The number of esters is 1. The Labute approximate surface area is 156 Å². The van der Waals surface area contributed by atoms with E-state index < -0.39 is 21.4 Å². The van der Waals surface area contributed by atoms with Gasteiger partial charge in [-0.3, -0.25) is 14.5 Å². The summed E-state index contributed by atoms with van der Waals surface area (Å²) in [5, 5.41) is -0.851. The van der Waals surface area contributed by atoms with Gasteiger partial charge in [-0.05, 0) is 17.7 Å². The maximum atomic E-state index is 12.0. The molecular formula is C18H17ClN2O4S. The maximum Gasteiger partial charge on any atom is 0.328 e. The van der Waals surface area contributed by atoms with Crippen molar-refractivity contribution in [1.29, 1.82) is 0 Å². The molecule has 1 aliphatic rings. The molecule has 1 aliphatic heterocycles. The Kier molecular flexibility index (Phi) is 5.58. The van der Waals surface area contributed by atoms with Gasteiger partial charge in [0.15, 0.2) is 5.38 Å². The fraction of sp³-hybridized carbons (Fsp3) is 0.222. The number of rotatable bonds is 6. The molecule has 0 unspecified atom stereocenters. The molecule has 26 heavy (non-hydrogen) atoms. The van der Waals surface area contributed by atoms with Gasteiger partial charge in [0.1, 0.15) is 5.84 Å². The van der Waals surface area contributed by atoms with E-state index in [-0.39, 0.29) is 11.5 Å². The fourth-order valence-electron chi connectivity index (χ4n) is 2.51. The van der Waals surface area contributed by atoms with Crippen molar-refractivity contribution in [3.8, 4) is 0 Å². The number of sulfonamides is 1. The van der Waals surface area contributed by atoms with Gasteiger partial charge >= 0.3 is 5.97 Å². The van der Waals surface area contributed by atoms with E-state index in [9.17, 15) is 13.2 Å². The van der Waals surface area contributed by atoms with Crippen LogP contribution in [0.25, 0.3) is 0 Å². The Balaban J connectivity index is 1.51. The van der Waals surface area contributed by atoms with Crippen LogP contribution in [0.5, 0.6) is 0 Å². The van der Waals surface area contributed by atoms with Crippen molar-refractivity contribution in [1.82, 2.24) is 4.72 Å². The van der Waals surface area contributed by atoms with Gasteiger partial charge in [0.05, 0.1) is 11.5 Å². The molecule has 136 valence electrons. The summed E-state index contributed by atoms with van der Waals surface area (Å²) in [4.78, 5) is 16.4. The van der Waals surface area contributed by atoms with E-state index in [1.165, 1.54) is 6.07 Å². The minimum Gasteiger partial charge on any atom is -0.464 e. The minimum absolute atomic E-state index is 0.153. The van der Waals surface area contributed by atoms with Crippen LogP contribution in [-0.2, 0) is 19.6 Å². The highest BCUT2D eigenvalue weighted by Crippen LogP contribution is 2.23. The molecule has 0 aromatic heterocycles. The van der Waals surface area contributed by atoms with Crippen molar-refractivity contribution in [3.63, 3.8) is 0 Å². The number of amidine groups is 1. The van der Waals surface area contributed by atoms with Crippen molar-refractivity contribution in [3.05, 3.63) is 65.7 Å². The molecule has 2 aromatic carbocycles. The summed E-state index contributed by atoms with van der Waals surface area (Å²) in [5.41, 5.74) is 1.23. The Bertz CT molecular complexity index is 929. The molecule has 0 amide bonds. The molecule has 0 saturated carbocycles. The number of carbonyl (C=O) groups excluding carboxylic acids is 1. The second-order valence-corrected chi connectivity index (χ2v) is 7.71. The quantitative estimate of drug-likeness (QED) is 0.465. The minimum atomic E-state index is -3.54. The van der Waals surface area contributed by atoms with E-state index in [4.69, 9.17) is 16.3 Å². The highest BCUT2D eigenvalue weighted by Gasteiger charge is 2.29. The summed E-state index contributed by atoms with van der Waals surface area (Å²) in [7, 11) is -3.54. The van der Waals surface area contributed by atoms with Crippen LogP contribution < -0.4 is 4.72 Å². The van der Waals surface area contributed by atoms with Crippen molar-refractivity contribution < 1.29 is 17.9 Å². The van der Waals surface area contributed by atoms with Gasteiger partial charge in [-0.2, -0.15) is 0 Å². The largest absolute Gasteiger partial charge is 0.464 e. The number of hydrogen-bond donors (Lipinski definition) is 1. The molecule has 1 heterocycles. The van der Waals surface area contributed by atoms with Crippen LogP contribution in [0.4, 0.5) is 0 Å². The van der Waals surface area contributed by atoms with Crippen LogP contribution in [0.1, 0.15) is 22.9 Å². The number of halogens is 1. The zero-order valence-corrected chi connectivity index (χ0v) is 15.3. The fourth-order valence-corrected chi connectivity index (χ4v) is 3.97. The molecular weight excluding hydrogens is 376 g/mol. The monoisotopic (exact) mass is 392 g/mol. The lowest BCUT2D eigenvalue weighted by molar-refractivity contribution is -0.143. The highest BCUT2D eigenvalue weighted by atomic mass is 35.5. The number of nitrogens with one attached hydrogen (secondary N) is 1. The third-order valence-corrected chi connectivity index (χ3v) is 5.61. The Morgan fingerprint density at radius 2 is 1.81 bits per heavy atom. The first-order valence-electron chi connectivity index (χ1n) is 8.01. The first kappa shape index (κ1) is 18.4. The van der Waals surface area contributed by atoms with Crippen LogP contribution in [0.15, 0.2) is 64.5 Å². The average Bonchev–Trinajstić information content (AvgIpc) is 2.92. The number of alkyl halides is 1. The van der Waals surface area contributed by atoms with E-state index in [2.05, 4.69) is 9.71 Å². The molecule has 0 bridgehead atoms. The number of aliphatic imine (C=N–C) groups is 1. The van der Waals surface area contributed by atoms with Gasteiger partial charge in [0.2, 0.25) is 0 Å². The molecule has 3 rings (SSSR count). The van der Waals surface area contributed by atoms with Crippen LogP contribution in [0.3, 0.4) is 0 Å². The predicted octanol–water partition coefficient (Wildman–Crippen LogP) is 2.64. The second kappa shape index (κ2) is 7.88. The molecule has 0 fully saturated rings. The topological polar surface area (TPSA) is 84.8 Å². The summed E-state index contributed by atoms with van der Waals surface area (Å²) < 4.78 is 31.5. The second-order valence-electron chi connectivity index (χ2n) is 5.63. The molecule has 0 saturated heterocycles. The molecule has 0 spiro atoms. The van der Waals surface area contributed by atoms with Crippen LogP contribution in [-0.4, -0.2) is 33.4 Å². The summed E-state index contributed by atoms with van der Waals surface area (Å²) in [6.45, 7) is 0.470. The van der Waals surface area contributed by atoms with E-state index in [0.717, 1.165) is 0 Å². The maximum absolute atomic E-state index is 12.0. The van der Waals surface area contributed by atoms with E-state index in [1.54, 1.807) is 42.5 Å². The van der Waals surface area contributed by atoms with Gasteiger partial charge in [-0.1, -0.05) is 42.5 Å². The first-order valence-corrected chi connectivity index (χ1v) is 9.93. The van der Waals surface area contributed by atoms with Gasteiger partial charge in [0.25, 0.3) is 10.0 Å². The molecule has 2 aromatic rings. The van der Waals surface area contributed by atoms with Crippen LogP contribution in [0.2, 0.25) is 0 Å². The third-order valence-electron chi connectivity index (χ3n) is 3.78. The lowest BCUT2D eigenvalue weighted by Gasteiger charge is -2.09. The summed E-state index contributed by atoms with van der Waals surface area (Å²) in [5.74, 6) is -0.205. The van der Waals surface area contributed by atoms with Crippen LogP contribution in [0, 0.1) is 0 Å². The van der Waals surface area contributed by atoms with Gasteiger partial charge in [-0.25, -0.2) is 8.42 Å². The molecule has 1 N–H and O–H groups in total. The first-order chi connectivity index (χ1) is 12.5. The normalized spacial score (nSPS) is 17.3. The lowest BCUT2D eigenvalue weighted by Crippen LogP contribution is -2.22. The summed E-state index contributed by atoms with van der Waals surface area (Å²) in [6, 6.07) is 15.6. The zero-order valence-electron chi connectivity index (χ0n) is 13.8. The number of carbonyl (C=O) groups is 1. The Hall–Kier alpha value is -2.38. The van der Waals surface area contributed by atoms with Gasteiger partial charge < -0.3 is 4.74 Å². The van der Waals surface area contributed by atoms with E-state index in [1.807, 2.05) is 6.07 Å². The number of hydrogen-bond acceptors (Lipinski definition) is 5. The predicted molar refractivity (Wildman–Crippen MR) is 98.8 cm³/mol. The lowest BCUT2D eigenvalue weighted by atomic mass is 10.1. The highest BCUT2D eigenvalue weighted by molar-refractivity contribution is 7.90. The van der Waals surface area contributed by atoms with Crippen LogP contribution >= 0.6 is 11.6 Å². The number of fused-ring (bicyclic) bond motifs is 1. The standard InChI is InChI=1S/C18H17ClN2O4S/c19-16(13-7-2-1-3-8-13)18(22)25-12-6-11-20-17-14-9-4-5-10-15(14)26(23,24)21-17/h1-5,7-10,16H,6,11-12H2,(H,20,21)/t16-/m0/s1. The number of ether oxygens (including phenoxy) is 1. The smallest absolute Gasteiger partial charge is 0.328 e.